The largest absolute Gasteiger partial charge is 0.619 e. The summed E-state index contributed by atoms with van der Waals surface area (Å²) < 4.78 is 4.69. The quantitative estimate of drug-likeness (QED) is 0.518. The van der Waals surface area contributed by atoms with Gasteiger partial charge in [-0.15, -0.1) is 0 Å². The van der Waals surface area contributed by atoms with E-state index in [2.05, 4.69) is 0 Å². The fourth-order valence-corrected chi connectivity index (χ4v) is 0.737. The van der Waals surface area contributed by atoms with E-state index in [0.717, 1.165) is 5.28 Å². The Balaban J connectivity index is 0. The zero-order chi connectivity index (χ0) is 5.70. The molecular weight excluding hydrogens is 119 g/mol. The monoisotopic (exact) mass is 131 g/mol. The molecule has 0 aliphatic heterocycles. The lowest BCUT2D eigenvalue weighted by Crippen LogP contribution is -2.01. The fourth-order valence-electron chi connectivity index (χ4n) is 0.246. The molecule has 0 heterocycles. The number of hydrogen-bond donors (Lipinski definition) is 0. The molecule has 0 rings (SSSR count). The van der Waals surface area contributed by atoms with E-state index in [1.54, 1.807) is 0 Å². The summed E-state index contributed by atoms with van der Waals surface area (Å²) >= 11 is -0.475. The molecule has 0 aliphatic carbocycles. The van der Waals surface area contributed by atoms with Crippen LogP contribution in [0.5, 0.6) is 0 Å². The van der Waals surface area contributed by atoms with Gasteiger partial charge in [-0.1, -0.05) is 19.6 Å². The number of carbonyl (C=O) groups is 1. The first kappa shape index (κ1) is 10.9. The van der Waals surface area contributed by atoms with Crippen LogP contribution in [0.3, 0.4) is 0 Å². The van der Waals surface area contributed by atoms with Gasteiger partial charge in [0.1, 0.15) is 0 Å². The molecule has 0 spiro atoms. The lowest BCUT2D eigenvalue weighted by molar-refractivity contribution is -0.131. The van der Waals surface area contributed by atoms with Crippen LogP contribution < -0.4 is 0 Å². The number of rotatable bonds is 2. The summed E-state index contributed by atoms with van der Waals surface area (Å²) in [7, 11) is 0. The summed E-state index contributed by atoms with van der Waals surface area (Å²) in [6, 6.07) is 0. The Bertz CT molecular complexity index is 63.4. The third-order valence-corrected chi connectivity index (χ3v) is 1.53. The smallest absolute Gasteiger partial charge is 0.523 e. The first-order chi connectivity index (χ1) is 3.27. The van der Waals surface area contributed by atoms with Crippen LogP contribution in [0, 0.1) is 7.43 Å². The second kappa shape index (κ2) is 7.00. The second-order valence-corrected chi connectivity index (χ2v) is 3.04. The van der Waals surface area contributed by atoms with Gasteiger partial charge in [0.25, 0.3) is 5.97 Å². The van der Waals surface area contributed by atoms with E-state index in [4.69, 9.17) is 3.79 Å². The highest BCUT2D eigenvalue weighted by molar-refractivity contribution is 6.30. The predicted octanol–water partition coefficient (Wildman–Crippen LogP) is 0.789. The Labute approximate surface area is 57.3 Å². The van der Waals surface area contributed by atoms with Crippen molar-refractivity contribution in [1.29, 1.82) is 0 Å². The molecule has 0 saturated carbocycles. The molecule has 1 radical (unpaired) electrons. The molecule has 0 unspecified atom stereocenters. The van der Waals surface area contributed by atoms with E-state index in [-0.39, 0.29) is 13.4 Å². The van der Waals surface area contributed by atoms with Gasteiger partial charge in [-0.05, 0) is 0 Å². The Morgan fingerprint density at radius 2 is 2.25 bits per heavy atom. The molecular formula is C5H12AlO2. The van der Waals surface area contributed by atoms with Crippen LogP contribution in [-0.4, -0.2) is 21.5 Å². The minimum Gasteiger partial charge on any atom is -0.619 e. The first-order valence-corrected chi connectivity index (χ1v) is 3.98. The molecule has 0 bridgehead atoms. The van der Waals surface area contributed by atoms with Crippen LogP contribution >= 0.6 is 0 Å². The van der Waals surface area contributed by atoms with Gasteiger partial charge in [0.2, 0.25) is 0 Å². The van der Waals surface area contributed by atoms with Gasteiger partial charge in [-0.25, -0.2) is 0 Å². The van der Waals surface area contributed by atoms with Gasteiger partial charge in [-0.2, -0.15) is 0 Å². The minimum atomic E-state index is -0.475. The summed E-state index contributed by atoms with van der Waals surface area (Å²) in [5.41, 5.74) is 0. The summed E-state index contributed by atoms with van der Waals surface area (Å²) in [4.78, 5) is 10.0. The molecule has 8 heavy (non-hydrogen) atoms. The first-order valence-electron chi connectivity index (χ1n) is 2.40. The van der Waals surface area contributed by atoms with Crippen molar-refractivity contribution in [3.63, 3.8) is 0 Å². The normalized spacial score (nSPS) is 6.75. The molecule has 0 aliphatic rings. The molecule has 3 heteroatoms. The van der Waals surface area contributed by atoms with Gasteiger partial charge >= 0.3 is 15.6 Å². The van der Waals surface area contributed by atoms with Crippen molar-refractivity contribution in [2.24, 2.45) is 0 Å². The van der Waals surface area contributed by atoms with Crippen LogP contribution in [0.25, 0.3) is 0 Å². The average Bonchev–Trinajstić information content (AvgIpc) is 1.61. The van der Waals surface area contributed by atoms with Crippen LogP contribution in [0.4, 0.5) is 0 Å². The number of hydrogen-bond acceptors (Lipinski definition) is 2. The van der Waals surface area contributed by atoms with E-state index in [0.29, 0.717) is 0 Å². The topological polar surface area (TPSA) is 26.3 Å². The standard InChI is InChI=1S/C2H4O2.C2H5.CH3.Al.H/c1-2(3)4;1-2;;;/h1H3,(H,3,4);1H2,2H3;1H3;;/q;;;+1;/p-1. The van der Waals surface area contributed by atoms with Crippen LogP contribution in [0.15, 0.2) is 0 Å². The Morgan fingerprint density at radius 3 is 2.38 bits per heavy atom. The third-order valence-electron chi connectivity index (χ3n) is 0.509. The molecule has 0 saturated heterocycles. The van der Waals surface area contributed by atoms with Crippen LogP contribution in [0.2, 0.25) is 5.28 Å². The van der Waals surface area contributed by atoms with Crippen molar-refractivity contribution in [3.05, 3.63) is 7.43 Å². The predicted molar refractivity (Wildman–Crippen MR) is 35.8 cm³/mol. The molecule has 2 nitrogen and oxygen atoms in total. The Morgan fingerprint density at radius 1 is 1.75 bits per heavy atom. The second-order valence-electron chi connectivity index (χ2n) is 1.34. The van der Waals surface area contributed by atoms with E-state index in [1.807, 2.05) is 6.92 Å². The van der Waals surface area contributed by atoms with Crippen molar-refractivity contribution >= 4 is 21.5 Å². The van der Waals surface area contributed by atoms with E-state index >= 15 is 0 Å². The van der Waals surface area contributed by atoms with Crippen molar-refractivity contribution in [2.75, 3.05) is 0 Å². The molecule has 0 amide bonds. The third kappa shape index (κ3) is 9.38. The highest BCUT2D eigenvalue weighted by Crippen LogP contribution is 1.76. The summed E-state index contributed by atoms with van der Waals surface area (Å²) in [5.74, 6) is -0.131. The van der Waals surface area contributed by atoms with Crippen LogP contribution in [-0.2, 0) is 8.58 Å². The van der Waals surface area contributed by atoms with Gasteiger partial charge in [0.05, 0.1) is 0 Å². The highest BCUT2D eigenvalue weighted by Gasteiger charge is 1.92. The van der Waals surface area contributed by atoms with Crippen molar-refractivity contribution in [2.45, 2.75) is 19.1 Å². The molecule has 0 atom stereocenters. The van der Waals surface area contributed by atoms with Crippen molar-refractivity contribution < 1.29 is 8.58 Å². The van der Waals surface area contributed by atoms with Crippen molar-refractivity contribution in [3.8, 4) is 0 Å². The Kier molecular flexibility index (Phi) is 9.53. The van der Waals surface area contributed by atoms with Gasteiger partial charge in [0, 0.05) is 6.92 Å². The zero-order valence-corrected chi connectivity index (χ0v) is 7.14. The van der Waals surface area contributed by atoms with Crippen LogP contribution in [0.1, 0.15) is 13.8 Å². The highest BCUT2D eigenvalue weighted by atomic mass is 27.1. The lowest BCUT2D eigenvalue weighted by Gasteiger charge is -1.93. The summed E-state index contributed by atoms with van der Waals surface area (Å²) in [5, 5.41) is 1.04. The summed E-state index contributed by atoms with van der Waals surface area (Å²) in [6.45, 7) is 3.47. The SMILES string of the molecule is C[CH2][AlH][O]C(C)=O.[CH3]. The molecule has 0 aromatic carbocycles. The van der Waals surface area contributed by atoms with E-state index in [1.165, 1.54) is 6.92 Å². The maximum Gasteiger partial charge on any atom is 0.523 e. The Hall–Kier alpha value is 0.00247. The molecule has 0 N–H and O–H groups in total. The zero-order valence-electron chi connectivity index (χ0n) is 5.73. The minimum absolute atomic E-state index is 0. The summed E-state index contributed by atoms with van der Waals surface area (Å²) in [6.07, 6.45) is 0. The van der Waals surface area contributed by atoms with E-state index in [9.17, 15) is 4.79 Å². The average molecular weight is 131 g/mol. The maximum atomic E-state index is 10.0. The fraction of sp³-hybridized carbons (Fsp3) is 0.600. The van der Waals surface area contributed by atoms with Crippen molar-refractivity contribution in [1.82, 2.24) is 0 Å². The van der Waals surface area contributed by atoms with Gasteiger partial charge in [-0.3, -0.25) is 4.79 Å². The molecule has 0 fully saturated rings. The molecule has 0 aromatic heterocycles. The van der Waals surface area contributed by atoms with E-state index < -0.39 is 15.6 Å². The lowest BCUT2D eigenvalue weighted by atomic mass is 10.9. The number of carbonyl (C=O) groups excluding carboxylic acids is 1. The molecule has 47 valence electrons. The van der Waals surface area contributed by atoms with Gasteiger partial charge < -0.3 is 3.79 Å². The molecule has 0 aromatic rings. The van der Waals surface area contributed by atoms with Gasteiger partial charge in [0.15, 0.2) is 0 Å². The maximum absolute atomic E-state index is 10.0.